The van der Waals surface area contributed by atoms with Crippen molar-refractivity contribution in [2.24, 2.45) is 0 Å². The third-order valence-electron chi connectivity index (χ3n) is 4.49. The molecule has 0 aliphatic carbocycles. The predicted molar refractivity (Wildman–Crippen MR) is 115 cm³/mol. The van der Waals surface area contributed by atoms with Crippen molar-refractivity contribution in [3.8, 4) is 11.5 Å². The van der Waals surface area contributed by atoms with Crippen LogP contribution >= 0.6 is 0 Å². The number of methoxy groups -OCH3 is 1. The quantitative estimate of drug-likeness (QED) is 0.374. The van der Waals surface area contributed by atoms with Gasteiger partial charge in [-0.2, -0.15) is 8.42 Å². The number of β-amino-alcohol motifs (C(OH)–C–C–N with tert-alkyl or cyclic N) is 1. The fourth-order valence-corrected chi connectivity index (χ4v) is 2.91. The summed E-state index contributed by atoms with van der Waals surface area (Å²) in [6.07, 6.45) is 2.41. The number of benzene rings is 2. The second-order valence-electron chi connectivity index (χ2n) is 7.49. The fraction of sp³-hybridized carbons (Fsp3) is 0.429. The van der Waals surface area contributed by atoms with Crippen LogP contribution in [0.25, 0.3) is 0 Å². The standard InChI is InChI=1S/C21H29NO3.H2O4S/c1-21(2,14-6-8-17-7-4-5-9-20(17)25-3)22-15-19(24)16-10-12-18(23)13-11-16;1-5(2,3)4/h4-5,7,9-13,19,22-24H,6,8,14-15H2,1-3H3;(H2,1,2,3,4). The monoisotopic (exact) mass is 441 g/mol. The Bertz CT molecular complexity index is 859. The molecule has 2 aromatic rings. The van der Waals surface area contributed by atoms with Crippen molar-refractivity contribution in [2.45, 2.75) is 44.8 Å². The van der Waals surface area contributed by atoms with Crippen LogP contribution in [0.5, 0.6) is 11.5 Å². The molecule has 8 nitrogen and oxygen atoms in total. The van der Waals surface area contributed by atoms with Crippen molar-refractivity contribution in [2.75, 3.05) is 13.7 Å². The summed E-state index contributed by atoms with van der Waals surface area (Å²) in [6.45, 7) is 4.78. The molecular weight excluding hydrogens is 410 g/mol. The first-order chi connectivity index (χ1) is 13.9. The average molecular weight is 442 g/mol. The van der Waals surface area contributed by atoms with Crippen LogP contribution in [-0.4, -0.2) is 46.9 Å². The van der Waals surface area contributed by atoms with Crippen LogP contribution in [0.1, 0.15) is 43.9 Å². The van der Waals surface area contributed by atoms with Gasteiger partial charge in [0.15, 0.2) is 0 Å². The van der Waals surface area contributed by atoms with E-state index in [9.17, 15) is 10.2 Å². The largest absolute Gasteiger partial charge is 0.508 e. The van der Waals surface area contributed by atoms with Gasteiger partial charge >= 0.3 is 10.4 Å². The van der Waals surface area contributed by atoms with Crippen molar-refractivity contribution in [1.29, 1.82) is 0 Å². The van der Waals surface area contributed by atoms with Crippen LogP contribution < -0.4 is 10.1 Å². The van der Waals surface area contributed by atoms with Gasteiger partial charge in [0.2, 0.25) is 0 Å². The summed E-state index contributed by atoms with van der Waals surface area (Å²) in [5.74, 6) is 1.15. The van der Waals surface area contributed by atoms with E-state index in [-0.39, 0.29) is 11.3 Å². The lowest BCUT2D eigenvalue weighted by Crippen LogP contribution is -2.41. The first-order valence-corrected chi connectivity index (χ1v) is 10.8. The van der Waals surface area contributed by atoms with Crippen LogP contribution in [0.4, 0.5) is 0 Å². The Morgan fingerprint density at radius 1 is 1.07 bits per heavy atom. The first-order valence-electron chi connectivity index (χ1n) is 9.45. The van der Waals surface area contributed by atoms with Gasteiger partial charge in [0.1, 0.15) is 11.5 Å². The Labute approximate surface area is 178 Å². The highest BCUT2D eigenvalue weighted by atomic mass is 32.3. The summed E-state index contributed by atoms with van der Waals surface area (Å²) in [4.78, 5) is 0. The number of phenols is 1. The minimum Gasteiger partial charge on any atom is -0.508 e. The lowest BCUT2D eigenvalue weighted by Gasteiger charge is -2.28. The van der Waals surface area contributed by atoms with Crippen molar-refractivity contribution >= 4 is 10.4 Å². The zero-order chi connectivity index (χ0) is 22.8. The highest BCUT2D eigenvalue weighted by Crippen LogP contribution is 2.22. The third-order valence-corrected chi connectivity index (χ3v) is 4.49. The van der Waals surface area contributed by atoms with E-state index in [1.165, 1.54) is 5.56 Å². The molecule has 0 radical (unpaired) electrons. The van der Waals surface area contributed by atoms with Gasteiger partial charge in [-0.05, 0) is 62.4 Å². The van der Waals surface area contributed by atoms with Gasteiger partial charge in [-0.15, -0.1) is 0 Å². The van der Waals surface area contributed by atoms with Crippen molar-refractivity contribution < 1.29 is 32.5 Å². The molecule has 0 aliphatic heterocycles. The van der Waals surface area contributed by atoms with E-state index >= 15 is 0 Å². The number of aliphatic hydroxyl groups excluding tert-OH is 1. The van der Waals surface area contributed by atoms with Crippen molar-refractivity contribution in [3.05, 3.63) is 59.7 Å². The van der Waals surface area contributed by atoms with E-state index in [2.05, 4.69) is 25.2 Å². The summed E-state index contributed by atoms with van der Waals surface area (Å²) >= 11 is 0. The van der Waals surface area contributed by atoms with Crippen LogP contribution in [0, 0.1) is 0 Å². The van der Waals surface area contributed by atoms with Gasteiger partial charge < -0.3 is 20.3 Å². The maximum absolute atomic E-state index is 10.3. The molecule has 1 atom stereocenters. The SMILES string of the molecule is COc1ccccc1CCCC(C)(C)NCC(O)c1ccc(O)cc1.O=S(=O)(O)O. The zero-order valence-corrected chi connectivity index (χ0v) is 18.3. The van der Waals surface area contributed by atoms with E-state index in [1.807, 2.05) is 18.2 Å². The number of aromatic hydroxyl groups is 1. The molecule has 0 amide bonds. The smallest absolute Gasteiger partial charge is 0.394 e. The van der Waals surface area contributed by atoms with E-state index in [0.717, 1.165) is 30.6 Å². The Balaban J connectivity index is 0.000000804. The molecule has 0 fully saturated rings. The minimum absolute atomic E-state index is 0.0695. The molecule has 2 aromatic carbocycles. The molecule has 168 valence electrons. The summed E-state index contributed by atoms with van der Waals surface area (Å²) in [6, 6.07) is 14.8. The third kappa shape index (κ3) is 11.1. The van der Waals surface area contributed by atoms with Crippen LogP contribution in [0.15, 0.2) is 48.5 Å². The fourth-order valence-electron chi connectivity index (χ4n) is 2.91. The number of para-hydroxylation sites is 1. The van der Waals surface area contributed by atoms with Gasteiger partial charge in [0, 0.05) is 12.1 Å². The first kappa shape index (κ1) is 25.9. The number of phenolic OH excluding ortho intramolecular Hbond substituents is 1. The number of aliphatic hydroxyl groups is 1. The number of nitrogens with one attached hydrogen (secondary N) is 1. The molecule has 1 unspecified atom stereocenters. The number of aryl methyl sites for hydroxylation is 1. The maximum Gasteiger partial charge on any atom is 0.394 e. The van der Waals surface area contributed by atoms with Crippen LogP contribution in [0.2, 0.25) is 0 Å². The molecule has 0 aliphatic rings. The van der Waals surface area contributed by atoms with Crippen LogP contribution in [0.3, 0.4) is 0 Å². The Kier molecular flexibility index (Phi) is 10.2. The van der Waals surface area contributed by atoms with Gasteiger partial charge in [-0.3, -0.25) is 9.11 Å². The molecule has 5 N–H and O–H groups in total. The summed E-state index contributed by atoms with van der Waals surface area (Å²) in [7, 11) is -2.96. The molecule has 30 heavy (non-hydrogen) atoms. The lowest BCUT2D eigenvalue weighted by atomic mass is 9.94. The van der Waals surface area contributed by atoms with E-state index < -0.39 is 16.5 Å². The Hall–Kier alpha value is -2.17. The number of rotatable bonds is 9. The maximum atomic E-state index is 10.3. The van der Waals surface area contributed by atoms with Gasteiger partial charge in [-0.25, -0.2) is 0 Å². The highest BCUT2D eigenvalue weighted by molar-refractivity contribution is 7.79. The number of ether oxygens (including phenoxy) is 1. The molecule has 0 aromatic heterocycles. The molecule has 0 spiro atoms. The molecule has 0 saturated carbocycles. The van der Waals surface area contributed by atoms with Crippen LogP contribution in [-0.2, 0) is 16.8 Å². The molecular formula is C21H31NO7S. The van der Waals surface area contributed by atoms with Crippen molar-refractivity contribution in [1.82, 2.24) is 5.32 Å². The zero-order valence-electron chi connectivity index (χ0n) is 17.4. The summed E-state index contributed by atoms with van der Waals surface area (Å²) < 4.78 is 37.0. The number of hydrogen-bond donors (Lipinski definition) is 5. The normalized spacial score (nSPS) is 12.6. The second-order valence-corrected chi connectivity index (χ2v) is 8.38. The summed E-state index contributed by atoms with van der Waals surface area (Å²) in [5, 5.41) is 23.0. The van der Waals surface area contributed by atoms with Gasteiger partial charge in [-0.1, -0.05) is 30.3 Å². The van der Waals surface area contributed by atoms with E-state index in [1.54, 1.807) is 31.4 Å². The van der Waals surface area contributed by atoms with E-state index in [4.69, 9.17) is 22.3 Å². The molecule has 0 saturated heterocycles. The predicted octanol–water partition coefficient (Wildman–Crippen LogP) is 3.17. The lowest BCUT2D eigenvalue weighted by molar-refractivity contribution is 0.158. The Morgan fingerprint density at radius 3 is 2.20 bits per heavy atom. The van der Waals surface area contributed by atoms with E-state index in [0.29, 0.717) is 6.54 Å². The molecule has 2 rings (SSSR count). The molecule has 0 bridgehead atoms. The molecule has 9 heteroatoms. The second kappa shape index (κ2) is 11.9. The number of hydrogen-bond acceptors (Lipinski definition) is 6. The topological polar surface area (TPSA) is 136 Å². The molecule has 0 heterocycles. The van der Waals surface area contributed by atoms with Gasteiger partial charge in [0.25, 0.3) is 0 Å². The highest BCUT2D eigenvalue weighted by Gasteiger charge is 2.19. The van der Waals surface area contributed by atoms with Crippen molar-refractivity contribution in [3.63, 3.8) is 0 Å². The average Bonchev–Trinajstić information content (AvgIpc) is 2.66. The Morgan fingerprint density at radius 2 is 1.63 bits per heavy atom. The van der Waals surface area contributed by atoms with Gasteiger partial charge in [0.05, 0.1) is 13.2 Å². The summed E-state index contributed by atoms with van der Waals surface area (Å²) in [5.41, 5.74) is 1.96. The minimum atomic E-state index is -4.67.